The number of hydrogen-bond acceptors (Lipinski definition) is 7. The first-order valence-corrected chi connectivity index (χ1v) is 9.41. The fourth-order valence-corrected chi connectivity index (χ4v) is 3.84. The van der Waals surface area contributed by atoms with Crippen molar-refractivity contribution in [3.8, 4) is 0 Å². The van der Waals surface area contributed by atoms with E-state index < -0.39 is 0 Å². The van der Waals surface area contributed by atoms with Crippen molar-refractivity contribution in [3.05, 3.63) is 35.3 Å². The van der Waals surface area contributed by atoms with Gasteiger partial charge in [-0.15, -0.1) is 21.5 Å². The number of hydrogen-bond donors (Lipinski definition) is 1. The Labute approximate surface area is 151 Å². The van der Waals surface area contributed by atoms with Gasteiger partial charge in [-0.1, -0.05) is 30.0 Å². The average molecular weight is 370 g/mol. The molecular formula is C16H14N6OS2. The Morgan fingerprint density at radius 1 is 1.28 bits per heavy atom. The molecule has 0 unspecified atom stereocenters. The smallest absolute Gasteiger partial charge is 0.236 e. The minimum atomic E-state index is -0.139. The average Bonchev–Trinajstić information content (AvgIpc) is 3.15. The molecule has 0 atom stereocenters. The second-order valence-corrected chi connectivity index (χ2v) is 7.27. The normalized spacial score (nSPS) is 11.3. The lowest BCUT2D eigenvalue weighted by Crippen LogP contribution is -2.14. The number of carbonyl (C=O) groups is 1. The lowest BCUT2D eigenvalue weighted by molar-refractivity contribution is -0.113. The molecule has 1 aromatic carbocycles. The van der Waals surface area contributed by atoms with Gasteiger partial charge in [0.15, 0.2) is 10.8 Å². The minimum Gasteiger partial charge on any atom is -0.327 e. The predicted molar refractivity (Wildman–Crippen MR) is 100 cm³/mol. The fourth-order valence-electron chi connectivity index (χ4n) is 2.55. The predicted octanol–water partition coefficient (Wildman–Crippen LogP) is 3.01. The van der Waals surface area contributed by atoms with Gasteiger partial charge in [0.25, 0.3) is 0 Å². The summed E-state index contributed by atoms with van der Waals surface area (Å²) in [4.78, 5) is 20.8. The molecule has 126 valence electrons. The van der Waals surface area contributed by atoms with E-state index >= 15 is 0 Å². The van der Waals surface area contributed by atoms with Gasteiger partial charge in [-0.05, 0) is 13.0 Å². The Morgan fingerprint density at radius 2 is 2.12 bits per heavy atom. The van der Waals surface area contributed by atoms with Crippen LogP contribution >= 0.6 is 23.1 Å². The summed E-state index contributed by atoms with van der Waals surface area (Å²) in [5.41, 5.74) is 3.47. The van der Waals surface area contributed by atoms with E-state index in [1.807, 2.05) is 48.2 Å². The molecule has 0 aliphatic rings. The van der Waals surface area contributed by atoms with Crippen LogP contribution in [0.15, 0.2) is 34.8 Å². The maximum atomic E-state index is 12.0. The molecule has 9 heteroatoms. The van der Waals surface area contributed by atoms with Crippen LogP contribution in [0, 0.1) is 6.92 Å². The van der Waals surface area contributed by atoms with E-state index in [2.05, 4.69) is 25.5 Å². The molecule has 25 heavy (non-hydrogen) atoms. The van der Waals surface area contributed by atoms with E-state index in [0.29, 0.717) is 10.3 Å². The van der Waals surface area contributed by atoms with Crippen molar-refractivity contribution >= 4 is 56.2 Å². The summed E-state index contributed by atoms with van der Waals surface area (Å²) in [5.74, 6) is 0.0653. The lowest BCUT2D eigenvalue weighted by Gasteiger charge is -2.01. The van der Waals surface area contributed by atoms with Crippen LogP contribution in [-0.4, -0.2) is 36.4 Å². The molecule has 0 aliphatic carbocycles. The Balaban J connectivity index is 1.53. The van der Waals surface area contributed by atoms with Gasteiger partial charge < -0.3 is 9.88 Å². The standard InChI is InChI=1S/C16H14N6OS2/c1-9-7-24-15(17-9)18-12(23)8-25-16-19-14-13(20-21-16)10-5-3-4-6-11(10)22(14)2/h3-7H,8H2,1-2H3,(H,17,18,23). The van der Waals surface area contributed by atoms with Crippen molar-refractivity contribution in [1.82, 2.24) is 24.7 Å². The number of rotatable bonds is 4. The summed E-state index contributed by atoms with van der Waals surface area (Å²) < 4.78 is 1.99. The SMILES string of the molecule is Cc1csc(NC(=O)CSc2nnc3c4ccccc4n(C)c3n2)n1. The lowest BCUT2D eigenvalue weighted by atomic mass is 10.2. The van der Waals surface area contributed by atoms with Crippen molar-refractivity contribution in [2.45, 2.75) is 12.1 Å². The molecule has 4 aromatic rings. The fraction of sp³-hybridized carbons (Fsp3) is 0.188. The Bertz CT molecular complexity index is 1090. The number of thiazole rings is 1. The van der Waals surface area contributed by atoms with Crippen LogP contribution in [-0.2, 0) is 11.8 Å². The van der Waals surface area contributed by atoms with E-state index in [0.717, 1.165) is 27.8 Å². The summed E-state index contributed by atoms with van der Waals surface area (Å²) in [6.07, 6.45) is 0. The highest BCUT2D eigenvalue weighted by Gasteiger charge is 2.13. The van der Waals surface area contributed by atoms with E-state index in [-0.39, 0.29) is 11.7 Å². The van der Waals surface area contributed by atoms with Crippen LogP contribution in [0.2, 0.25) is 0 Å². The van der Waals surface area contributed by atoms with Crippen LogP contribution in [0.3, 0.4) is 0 Å². The zero-order chi connectivity index (χ0) is 17.4. The number of aryl methyl sites for hydroxylation is 2. The number of benzene rings is 1. The van der Waals surface area contributed by atoms with Crippen molar-refractivity contribution < 1.29 is 4.79 Å². The number of thioether (sulfide) groups is 1. The molecule has 0 saturated heterocycles. The van der Waals surface area contributed by atoms with Crippen LogP contribution in [0.1, 0.15) is 5.69 Å². The van der Waals surface area contributed by atoms with Crippen LogP contribution < -0.4 is 5.32 Å². The number of para-hydroxylation sites is 1. The number of anilines is 1. The molecule has 7 nitrogen and oxygen atoms in total. The van der Waals surface area contributed by atoms with Gasteiger partial charge in [0.2, 0.25) is 11.1 Å². The van der Waals surface area contributed by atoms with Crippen LogP contribution in [0.4, 0.5) is 5.13 Å². The van der Waals surface area contributed by atoms with Gasteiger partial charge in [-0.2, -0.15) is 0 Å². The number of nitrogens with zero attached hydrogens (tertiary/aromatic N) is 5. The van der Waals surface area contributed by atoms with Crippen LogP contribution in [0.5, 0.6) is 0 Å². The maximum absolute atomic E-state index is 12.0. The number of aromatic nitrogens is 5. The number of nitrogens with one attached hydrogen (secondary N) is 1. The molecule has 0 spiro atoms. The number of carbonyl (C=O) groups excluding carboxylic acids is 1. The Morgan fingerprint density at radius 3 is 2.92 bits per heavy atom. The van der Waals surface area contributed by atoms with Gasteiger partial charge in [0, 0.05) is 17.8 Å². The third-order valence-corrected chi connectivity index (χ3v) is 5.40. The first-order chi connectivity index (χ1) is 12.1. The van der Waals surface area contributed by atoms with Crippen molar-refractivity contribution in [3.63, 3.8) is 0 Å². The second kappa shape index (κ2) is 6.41. The Kier molecular flexibility index (Phi) is 4.10. The summed E-state index contributed by atoms with van der Waals surface area (Å²) in [6, 6.07) is 7.98. The molecule has 0 fully saturated rings. The first-order valence-electron chi connectivity index (χ1n) is 7.54. The topological polar surface area (TPSA) is 85.6 Å². The molecule has 3 aromatic heterocycles. The highest BCUT2D eigenvalue weighted by molar-refractivity contribution is 7.99. The molecule has 0 radical (unpaired) electrons. The Hall–Kier alpha value is -2.52. The summed E-state index contributed by atoms with van der Waals surface area (Å²) in [7, 11) is 1.95. The summed E-state index contributed by atoms with van der Waals surface area (Å²) in [6.45, 7) is 1.89. The monoisotopic (exact) mass is 370 g/mol. The van der Waals surface area contributed by atoms with Crippen molar-refractivity contribution in [2.75, 3.05) is 11.1 Å². The molecular weight excluding hydrogens is 356 g/mol. The molecule has 3 heterocycles. The molecule has 0 saturated carbocycles. The van der Waals surface area contributed by atoms with Crippen molar-refractivity contribution in [2.24, 2.45) is 7.05 Å². The minimum absolute atomic E-state index is 0.139. The maximum Gasteiger partial charge on any atom is 0.236 e. The summed E-state index contributed by atoms with van der Waals surface area (Å²) >= 11 is 2.66. The zero-order valence-electron chi connectivity index (χ0n) is 13.6. The quantitative estimate of drug-likeness (QED) is 0.556. The van der Waals surface area contributed by atoms with E-state index in [1.165, 1.54) is 23.1 Å². The highest BCUT2D eigenvalue weighted by atomic mass is 32.2. The van der Waals surface area contributed by atoms with Gasteiger partial charge in [0.05, 0.1) is 17.0 Å². The number of fused-ring (bicyclic) bond motifs is 3. The molecule has 0 aliphatic heterocycles. The van der Waals surface area contributed by atoms with Gasteiger partial charge in [-0.25, -0.2) is 9.97 Å². The highest BCUT2D eigenvalue weighted by Crippen LogP contribution is 2.26. The van der Waals surface area contributed by atoms with Gasteiger partial charge in [0.1, 0.15) is 5.52 Å². The number of amides is 1. The third-order valence-electron chi connectivity index (χ3n) is 3.68. The second-order valence-electron chi connectivity index (χ2n) is 5.47. The third kappa shape index (κ3) is 3.08. The van der Waals surface area contributed by atoms with Gasteiger partial charge >= 0.3 is 0 Å². The zero-order valence-corrected chi connectivity index (χ0v) is 15.2. The van der Waals surface area contributed by atoms with Crippen LogP contribution in [0.25, 0.3) is 22.1 Å². The molecule has 1 N–H and O–H groups in total. The van der Waals surface area contributed by atoms with Crippen molar-refractivity contribution in [1.29, 1.82) is 0 Å². The van der Waals surface area contributed by atoms with E-state index in [4.69, 9.17) is 0 Å². The van der Waals surface area contributed by atoms with E-state index in [1.54, 1.807) is 0 Å². The van der Waals surface area contributed by atoms with E-state index in [9.17, 15) is 4.79 Å². The molecule has 1 amide bonds. The molecule has 4 rings (SSSR count). The largest absolute Gasteiger partial charge is 0.327 e. The summed E-state index contributed by atoms with van der Waals surface area (Å²) in [5, 5.41) is 15.2. The first kappa shape index (κ1) is 16.0. The van der Waals surface area contributed by atoms with Gasteiger partial charge in [-0.3, -0.25) is 4.79 Å². The molecule has 0 bridgehead atoms.